The Morgan fingerprint density at radius 3 is 2.30 bits per heavy atom. The second-order valence-corrected chi connectivity index (χ2v) is 1.38. The quantitative estimate of drug-likeness (QED) is 0.459. The summed E-state index contributed by atoms with van der Waals surface area (Å²) < 4.78 is 4.33. The van der Waals surface area contributed by atoms with Crippen molar-refractivity contribution in [2.75, 3.05) is 6.61 Å². The van der Waals surface area contributed by atoms with Gasteiger partial charge >= 0.3 is 11.9 Å². The summed E-state index contributed by atoms with van der Waals surface area (Å²) in [6.07, 6.45) is -0.548. The van der Waals surface area contributed by atoms with Crippen molar-refractivity contribution in [2.45, 2.75) is 13.3 Å². The minimum Gasteiger partial charge on any atom is -0.481 e. The van der Waals surface area contributed by atoms with E-state index < -0.39 is 18.4 Å². The maximum atomic E-state index is 10.3. The monoisotopic (exact) mass is 260 g/mol. The number of carboxylic acids is 1. The fraction of sp³-hybridized carbons (Fsp3) is 0.600. The fourth-order valence-corrected chi connectivity index (χ4v) is 0.335. The van der Waals surface area contributed by atoms with Gasteiger partial charge in [0.15, 0.2) is 0 Å². The van der Waals surface area contributed by atoms with Gasteiger partial charge in [-0.05, 0) is 6.92 Å². The van der Waals surface area contributed by atoms with Crippen molar-refractivity contribution in [3.05, 3.63) is 0 Å². The summed E-state index contributed by atoms with van der Waals surface area (Å²) in [5, 5.41) is 8.01. The van der Waals surface area contributed by atoms with Crippen molar-refractivity contribution in [3.8, 4) is 0 Å². The number of hydrogen-bond acceptors (Lipinski definition) is 3. The average molecular weight is 260 g/mol. The number of halogens is 1. The predicted molar refractivity (Wildman–Crippen MR) is 44.3 cm³/mol. The second-order valence-electron chi connectivity index (χ2n) is 1.38. The molecule has 0 spiro atoms. The van der Waals surface area contributed by atoms with E-state index >= 15 is 0 Å². The predicted octanol–water partition coefficient (Wildman–Crippen LogP) is 0.642. The van der Waals surface area contributed by atoms with Gasteiger partial charge in [0.1, 0.15) is 6.42 Å². The Balaban J connectivity index is 0. The maximum Gasteiger partial charge on any atom is 0.317 e. The number of carboxylic acid groups (broad SMARTS) is 1. The molecule has 60 valence electrons. The van der Waals surface area contributed by atoms with E-state index in [0.717, 1.165) is 0 Å². The van der Waals surface area contributed by atoms with Crippen LogP contribution < -0.4 is 0 Å². The van der Waals surface area contributed by atoms with Gasteiger partial charge in [-0.3, -0.25) is 9.59 Å². The van der Waals surface area contributed by atoms with Gasteiger partial charge in [0, 0.05) is 0 Å². The molecule has 0 saturated carbocycles. The van der Waals surface area contributed by atoms with Gasteiger partial charge in [0.25, 0.3) is 0 Å². The third-order valence-electron chi connectivity index (χ3n) is 0.601. The normalized spacial score (nSPS) is 7.70. The molecule has 0 saturated heterocycles. The highest BCUT2D eigenvalue weighted by Crippen LogP contribution is 1.84. The van der Waals surface area contributed by atoms with Crippen LogP contribution in [0.15, 0.2) is 0 Å². The van der Waals surface area contributed by atoms with Crippen LogP contribution in [0.2, 0.25) is 0 Å². The Hall–Kier alpha value is -0.330. The van der Waals surface area contributed by atoms with Gasteiger partial charge in [0.05, 0.1) is 6.61 Å². The number of rotatable bonds is 3. The van der Waals surface area contributed by atoms with Crippen molar-refractivity contribution in [1.29, 1.82) is 0 Å². The van der Waals surface area contributed by atoms with Crippen LogP contribution in [0.4, 0.5) is 0 Å². The molecule has 0 aromatic heterocycles. The number of ether oxygens (including phenoxy) is 1. The zero-order chi connectivity index (χ0) is 7.28. The Labute approximate surface area is 75.6 Å². The lowest BCUT2D eigenvalue weighted by Crippen LogP contribution is -2.09. The average Bonchev–Trinajstić information content (AvgIpc) is 1.63. The first-order chi connectivity index (χ1) is 4.16. The number of carbonyl (C=O) groups is 2. The fourth-order valence-electron chi connectivity index (χ4n) is 0.335. The molecular formula is C5H9IO4. The standard InChI is InChI=1S/C5H8O4.HI/c1-2-9-5(8)3-4(6)7;/h2-3H2,1H3,(H,6,7);1H. The van der Waals surface area contributed by atoms with E-state index in [1.165, 1.54) is 0 Å². The molecule has 4 nitrogen and oxygen atoms in total. The van der Waals surface area contributed by atoms with E-state index in [9.17, 15) is 9.59 Å². The smallest absolute Gasteiger partial charge is 0.317 e. The third kappa shape index (κ3) is 7.67. The summed E-state index contributed by atoms with van der Waals surface area (Å²) in [7, 11) is 0. The Morgan fingerprint density at radius 2 is 2.00 bits per heavy atom. The number of carbonyl (C=O) groups excluding carboxylic acids is 1. The Morgan fingerprint density at radius 1 is 1.50 bits per heavy atom. The molecule has 0 rings (SSSR count). The summed E-state index contributed by atoms with van der Waals surface area (Å²) >= 11 is 0. The highest BCUT2D eigenvalue weighted by molar-refractivity contribution is 14.0. The number of hydrogen-bond donors (Lipinski definition) is 1. The molecule has 10 heavy (non-hydrogen) atoms. The first-order valence-electron chi connectivity index (χ1n) is 2.54. The van der Waals surface area contributed by atoms with Crippen molar-refractivity contribution >= 4 is 35.9 Å². The van der Waals surface area contributed by atoms with Gasteiger partial charge in [-0.25, -0.2) is 0 Å². The van der Waals surface area contributed by atoms with E-state index in [1.807, 2.05) is 0 Å². The highest BCUT2D eigenvalue weighted by Gasteiger charge is 2.06. The third-order valence-corrected chi connectivity index (χ3v) is 0.601. The summed E-state index contributed by atoms with van der Waals surface area (Å²) in [4.78, 5) is 20.0. The van der Waals surface area contributed by atoms with E-state index in [1.54, 1.807) is 6.92 Å². The molecule has 0 aliphatic carbocycles. The summed E-state index contributed by atoms with van der Waals surface area (Å²) in [6, 6.07) is 0. The van der Waals surface area contributed by atoms with Gasteiger partial charge in [0.2, 0.25) is 0 Å². The van der Waals surface area contributed by atoms with E-state index in [2.05, 4.69) is 4.74 Å². The molecule has 1 N–H and O–H groups in total. The molecule has 0 aromatic rings. The van der Waals surface area contributed by atoms with Crippen LogP contribution in [0.5, 0.6) is 0 Å². The largest absolute Gasteiger partial charge is 0.481 e. The SMILES string of the molecule is CCOC(=O)CC(=O)O.I. The van der Waals surface area contributed by atoms with Gasteiger partial charge in [-0.1, -0.05) is 0 Å². The van der Waals surface area contributed by atoms with Crippen molar-refractivity contribution in [1.82, 2.24) is 0 Å². The molecule has 0 amide bonds. The van der Waals surface area contributed by atoms with Crippen molar-refractivity contribution < 1.29 is 19.4 Å². The lowest BCUT2D eigenvalue weighted by Gasteiger charge is -1.95. The van der Waals surface area contributed by atoms with Crippen LogP contribution in [0, 0.1) is 0 Å². The molecule has 0 fully saturated rings. The van der Waals surface area contributed by atoms with Crippen LogP contribution in [-0.4, -0.2) is 23.7 Å². The molecule has 0 atom stereocenters. The molecule has 0 heterocycles. The first-order valence-corrected chi connectivity index (χ1v) is 2.54. The molecule has 0 aromatic carbocycles. The molecule has 0 radical (unpaired) electrons. The molecule has 5 heteroatoms. The number of aliphatic carboxylic acids is 1. The lowest BCUT2D eigenvalue weighted by atomic mass is 10.4. The van der Waals surface area contributed by atoms with Gasteiger partial charge in [-0.15, -0.1) is 24.0 Å². The topological polar surface area (TPSA) is 63.6 Å². The molecule has 0 aliphatic rings. The Kier molecular flexibility index (Phi) is 8.38. The molecule has 0 unspecified atom stereocenters. The summed E-state index contributed by atoms with van der Waals surface area (Å²) in [6.45, 7) is 1.85. The van der Waals surface area contributed by atoms with Crippen LogP contribution in [0.1, 0.15) is 13.3 Å². The zero-order valence-corrected chi connectivity index (χ0v) is 7.82. The summed E-state index contributed by atoms with van der Waals surface area (Å²) in [5.74, 6) is -1.85. The first kappa shape index (κ1) is 12.4. The number of esters is 1. The minimum absolute atomic E-state index is 0. The highest BCUT2D eigenvalue weighted by atomic mass is 127. The molecular weight excluding hydrogens is 251 g/mol. The van der Waals surface area contributed by atoms with Crippen LogP contribution >= 0.6 is 24.0 Å². The lowest BCUT2D eigenvalue weighted by molar-refractivity contribution is -0.150. The van der Waals surface area contributed by atoms with Gasteiger partial charge in [-0.2, -0.15) is 0 Å². The van der Waals surface area contributed by atoms with Crippen molar-refractivity contribution in [2.24, 2.45) is 0 Å². The minimum atomic E-state index is -1.16. The van der Waals surface area contributed by atoms with E-state index in [0.29, 0.717) is 0 Å². The molecule has 0 bridgehead atoms. The maximum absolute atomic E-state index is 10.3. The van der Waals surface area contributed by atoms with E-state index in [-0.39, 0.29) is 30.6 Å². The van der Waals surface area contributed by atoms with Crippen LogP contribution in [-0.2, 0) is 14.3 Å². The van der Waals surface area contributed by atoms with Crippen LogP contribution in [0.3, 0.4) is 0 Å². The van der Waals surface area contributed by atoms with Crippen LogP contribution in [0.25, 0.3) is 0 Å². The summed E-state index contributed by atoms with van der Waals surface area (Å²) in [5.41, 5.74) is 0. The van der Waals surface area contributed by atoms with E-state index in [4.69, 9.17) is 5.11 Å². The van der Waals surface area contributed by atoms with Crippen molar-refractivity contribution in [3.63, 3.8) is 0 Å². The van der Waals surface area contributed by atoms with Gasteiger partial charge < -0.3 is 9.84 Å². The molecule has 0 aliphatic heterocycles. The Bertz CT molecular complexity index is 123. The zero-order valence-electron chi connectivity index (χ0n) is 5.49. The second kappa shape index (κ2) is 6.79.